The molecule has 1 aromatic heterocycles. The van der Waals surface area contributed by atoms with Gasteiger partial charge in [0.05, 0.1) is 0 Å². The summed E-state index contributed by atoms with van der Waals surface area (Å²) in [5, 5.41) is 12.2. The third-order valence-electron chi connectivity index (χ3n) is 4.03. The summed E-state index contributed by atoms with van der Waals surface area (Å²) < 4.78 is 0. The van der Waals surface area contributed by atoms with Crippen LogP contribution in [0.4, 0.5) is 10.6 Å². The number of nitrogens with one attached hydrogen (secondary N) is 1. The van der Waals surface area contributed by atoms with Gasteiger partial charge in [0, 0.05) is 45.0 Å². The number of aliphatic hydroxyl groups excluding tert-OH is 1. The smallest absolute Gasteiger partial charge is 0.317 e. The van der Waals surface area contributed by atoms with E-state index in [1.807, 2.05) is 23.1 Å². The predicted octanol–water partition coefficient (Wildman–Crippen LogP) is 2.10. The van der Waals surface area contributed by atoms with Crippen LogP contribution in [-0.4, -0.2) is 59.8 Å². The van der Waals surface area contributed by atoms with Crippen molar-refractivity contribution in [2.75, 3.05) is 37.7 Å². The van der Waals surface area contributed by atoms with Gasteiger partial charge in [0.25, 0.3) is 0 Å². The zero-order valence-corrected chi connectivity index (χ0v) is 15.0. The van der Waals surface area contributed by atoms with Gasteiger partial charge in [0.2, 0.25) is 0 Å². The van der Waals surface area contributed by atoms with Crippen LogP contribution in [0.5, 0.6) is 0 Å². The van der Waals surface area contributed by atoms with Crippen molar-refractivity contribution in [1.29, 1.82) is 0 Å². The van der Waals surface area contributed by atoms with Crippen LogP contribution < -0.4 is 10.2 Å². The molecular weight excluding hydrogens is 304 g/mol. The number of rotatable bonds is 6. The molecule has 0 radical (unpaired) electrons. The normalized spacial score (nSPS) is 17.8. The first-order chi connectivity index (χ1) is 11.4. The summed E-state index contributed by atoms with van der Waals surface area (Å²) in [4.78, 5) is 21.0. The molecular formula is C18H30N4O2. The molecule has 1 fully saturated rings. The van der Waals surface area contributed by atoms with E-state index in [9.17, 15) is 4.79 Å². The Morgan fingerprint density at radius 1 is 1.46 bits per heavy atom. The van der Waals surface area contributed by atoms with E-state index in [2.05, 4.69) is 36.0 Å². The van der Waals surface area contributed by atoms with Gasteiger partial charge in [-0.15, -0.1) is 0 Å². The lowest BCUT2D eigenvalue weighted by Gasteiger charge is -2.31. The van der Waals surface area contributed by atoms with Crippen molar-refractivity contribution in [3.8, 4) is 0 Å². The fraction of sp³-hybridized carbons (Fsp3) is 0.667. The number of aliphatic hydroxyl groups is 1. The summed E-state index contributed by atoms with van der Waals surface area (Å²) in [7, 11) is 0. The maximum atomic E-state index is 12.6. The van der Waals surface area contributed by atoms with Crippen molar-refractivity contribution in [1.82, 2.24) is 15.2 Å². The van der Waals surface area contributed by atoms with Gasteiger partial charge in [-0.2, -0.15) is 0 Å². The van der Waals surface area contributed by atoms with Crippen molar-refractivity contribution < 1.29 is 9.90 Å². The monoisotopic (exact) mass is 334 g/mol. The molecule has 6 heteroatoms. The quantitative estimate of drug-likeness (QED) is 0.836. The van der Waals surface area contributed by atoms with Crippen LogP contribution in [0.1, 0.15) is 33.6 Å². The van der Waals surface area contributed by atoms with Gasteiger partial charge in [0.15, 0.2) is 0 Å². The van der Waals surface area contributed by atoms with Crippen molar-refractivity contribution in [2.24, 2.45) is 5.41 Å². The second-order valence-electron chi connectivity index (χ2n) is 7.63. The molecule has 1 aliphatic rings. The molecule has 1 atom stereocenters. The molecule has 6 nitrogen and oxygen atoms in total. The van der Waals surface area contributed by atoms with Crippen LogP contribution in [0.3, 0.4) is 0 Å². The molecule has 2 amide bonds. The maximum absolute atomic E-state index is 12.6. The third kappa shape index (κ3) is 5.67. The Bertz CT molecular complexity index is 516. The van der Waals surface area contributed by atoms with Gasteiger partial charge in [0.1, 0.15) is 5.82 Å². The Morgan fingerprint density at radius 2 is 2.25 bits per heavy atom. The van der Waals surface area contributed by atoms with Crippen LogP contribution in [0.15, 0.2) is 24.4 Å². The SMILES string of the molecule is CC(C)(C)CN(CCCO)C(=O)NC1CCN(c2ccccn2)C1. The molecule has 0 spiro atoms. The molecule has 1 unspecified atom stereocenters. The molecule has 0 aliphatic carbocycles. The number of carbonyl (C=O) groups is 1. The number of urea groups is 1. The van der Waals surface area contributed by atoms with Gasteiger partial charge in [-0.3, -0.25) is 0 Å². The molecule has 0 saturated carbocycles. The average Bonchev–Trinajstić information content (AvgIpc) is 2.99. The predicted molar refractivity (Wildman–Crippen MR) is 96.1 cm³/mol. The molecule has 2 rings (SSSR count). The van der Waals surface area contributed by atoms with Crippen molar-refractivity contribution in [2.45, 2.75) is 39.7 Å². The average molecular weight is 334 g/mol. The van der Waals surface area contributed by atoms with Crippen molar-refractivity contribution in [3.05, 3.63) is 24.4 Å². The molecule has 2 N–H and O–H groups in total. The fourth-order valence-corrected chi connectivity index (χ4v) is 2.98. The molecule has 2 heterocycles. The molecule has 134 valence electrons. The molecule has 1 saturated heterocycles. The highest BCUT2D eigenvalue weighted by Crippen LogP contribution is 2.19. The molecule has 0 aromatic carbocycles. The lowest BCUT2D eigenvalue weighted by atomic mass is 9.96. The highest BCUT2D eigenvalue weighted by atomic mass is 16.3. The summed E-state index contributed by atoms with van der Waals surface area (Å²) in [5.74, 6) is 0.959. The van der Waals surface area contributed by atoms with Crippen LogP contribution in [0.2, 0.25) is 0 Å². The number of amides is 2. The van der Waals surface area contributed by atoms with Gasteiger partial charge in [-0.05, 0) is 30.4 Å². The van der Waals surface area contributed by atoms with E-state index in [1.165, 1.54) is 0 Å². The minimum atomic E-state index is -0.0359. The first-order valence-electron chi connectivity index (χ1n) is 8.71. The van der Waals surface area contributed by atoms with E-state index in [4.69, 9.17) is 5.11 Å². The highest BCUT2D eigenvalue weighted by molar-refractivity contribution is 5.74. The number of hydrogen-bond acceptors (Lipinski definition) is 4. The second kappa shape index (κ2) is 8.33. The Labute approximate surface area is 144 Å². The Kier molecular flexibility index (Phi) is 6.43. The second-order valence-corrected chi connectivity index (χ2v) is 7.63. The minimum Gasteiger partial charge on any atom is -0.396 e. The van der Waals surface area contributed by atoms with E-state index in [-0.39, 0.29) is 24.1 Å². The Hall–Kier alpha value is -1.82. The number of aromatic nitrogens is 1. The largest absolute Gasteiger partial charge is 0.396 e. The zero-order valence-electron chi connectivity index (χ0n) is 15.0. The number of anilines is 1. The zero-order chi connectivity index (χ0) is 17.6. The molecule has 24 heavy (non-hydrogen) atoms. The molecule has 1 aliphatic heterocycles. The van der Waals surface area contributed by atoms with Crippen LogP contribution in [-0.2, 0) is 0 Å². The number of nitrogens with zero attached hydrogens (tertiary/aromatic N) is 3. The van der Waals surface area contributed by atoms with E-state index in [0.717, 1.165) is 25.3 Å². The number of hydrogen-bond donors (Lipinski definition) is 2. The Balaban J connectivity index is 1.90. The third-order valence-corrected chi connectivity index (χ3v) is 4.03. The highest BCUT2D eigenvalue weighted by Gasteiger charge is 2.27. The van der Waals surface area contributed by atoms with Crippen molar-refractivity contribution >= 4 is 11.8 Å². The van der Waals surface area contributed by atoms with Gasteiger partial charge >= 0.3 is 6.03 Å². The summed E-state index contributed by atoms with van der Waals surface area (Å²) >= 11 is 0. The van der Waals surface area contributed by atoms with E-state index < -0.39 is 0 Å². The lowest BCUT2D eigenvalue weighted by molar-refractivity contribution is 0.162. The van der Waals surface area contributed by atoms with Gasteiger partial charge in [-0.1, -0.05) is 26.8 Å². The molecule has 0 bridgehead atoms. The topological polar surface area (TPSA) is 68.7 Å². The van der Waals surface area contributed by atoms with Crippen LogP contribution in [0.25, 0.3) is 0 Å². The van der Waals surface area contributed by atoms with Crippen molar-refractivity contribution in [3.63, 3.8) is 0 Å². The van der Waals surface area contributed by atoms with E-state index >= 15 is 0 Å². The molecule has 1 aromatic rings. The maximum Gasteiger partial charge on any atom is 0.317 e. The standard InChI is InChI=1S/C18H30N4O2/c1-18(2,3)14-22(10-6-12-23)17(24)20-15-8-11-21(13-15)16-7-4-5-9-19-16/h4-5,7,9,15,23H,6,8,10-14H2,1-3H3,(H,20,24). The summed E-state index contributed by atoms with van der Waals surface area (Å²) in [6.45, 7) is 9.39. The van der Waals surface area contributed by atoms with E-state index in [1.54, 1.807) is 6.20 Å². The summed E-state index contributed by atoms with van der Waals surface area (Å²) in [5.41, 5.74) is 0.0302. The Morgan fingerprint density at radius 3 is 2.88 bits per heavy atom. The van der Waals surface area contributed by atoms with Gasteiger partial charge < -0.3 is 20.2 Å². The fourth-order valence-electron chi connectivity index (χ4n) is 2.98. The first-order valence-corrected chi connectivity index (χ1v) is 8.71. The summed E-state index contributed by atoms with van der Waals surface area (Å²) in [6.07, 6.45) is 3.32. The van der Waals surface area contributed by atoms with Gasteiger partial charge in [-0.25, -0.2) is 9.78 Å². The minimum absolute atomic E-state index is 0.0302. The lowest BCUT2D eigenvalue weighted by Crippen LogP contribution is -2.48. The van der Waals surface area contributed by atoms with E-state index in [0.29, 0.717) is 19.5 Å². The van der Waals surface area contributed by atoms with Crippen LogP contribution in [0, 0.1) is 5.41 Å². The van der Waals surface area contributed by atoms with Crippen LogP contribution >= 0.6 is 0 Å². The first kappa shape index (κ1) is 18.5. The number of carbonyl (C=O) groups excluding carboxylic acids is 1. The summed E-state index contributed by atoms with van der Waals surface area (Å²) in [6, 6.07) is 5.98. The number of pyridine rings is 1.